The average Bonchev–Trinajstić information content (AvgIpc) is 2.67. The first-order chi connectivity index (χ1) is 14.3. The summed E-state index contributed by atoms with van der Waals surface area (Å²) in [4.78, 5) is 59.3. The number of Topliss-reactive ketones (excluding diaryl/α,β-unsaturated/α-hetero) is 1. The van der Waals surface area contributed by atoms with Crippen molar-refractivity contribution in [3.8, 4) is 0 Å². The number of carboxylic acids is 1. The Kier molecular flexibility index (Phi) is 10.2. The number of esters is 1. The maximum Gasteiger partial charge on any atom is 0.334 e. The molecular weight excluding hydrogens is 475 g/mol. The van der Waals surface area contributed by atoms with Crippen LogP contribution in [0.15, 0.2) is 12.1 Å². The molecule has 0 unspecified atom stereocenters. The van der Waals surface area contributed by atoms with Gasteiger partial charge in [0, 0.05) is 17.5 Å². The molecule has 0 heterocycles. The number of carbonyl (C=O) groups is 5. The molecule has 0 aliphatic carbocycles. The van der Waals surface area contributed by atoms with E-state index >= 15 is 0 Å². The smallest absolute Gasteiger partial charge is 0.334 e. The van der Waals surface area contributed by atoms with E-state index in [1.807, 2.05) is 5.32 Å². The zero-order valence-electron chi connectivity index (χ0n) is 16.8. The first-order valence-corrected chi connectivity index (χ1v) is 10.1. The van der Waals surface area contributed by atoms with E-state index in [1.54, 1.807) is 13.8 Å². The highest BCUT2D eigenvalue weighted by Gasteiger charge is 2.33. The normalized spacial score (nSPS) is 12.6. The summed E-state index contributed by atoms with van der Waals surface area (Å²) in [5.41, 5.74) is 0.187. The maximum atomic E-state index is 12.3. The van der Waals surface area contributed by atoms with E-state index in [0.717, 1.165) is 0 Å². The number of rotatable bonds is 10. The standard InChI is InChI=1S/C19H21Cl3N2O7/c1-8(2)16(23-9(3)25)18(28)24-17(19(29)30)13(26)7-31-14(27)6-10-11(20)4-5-12(21)15(10)22/h4-5,8,16-17H,6-7H2,1-3H3,(H,23,25)(H,24,28)(H,29,30)/t16-,17+/m0/s1. The van der Waals surface area contributed by atoms with Gasteiger partial charge in [0.25, 0.3) is 0 Å². The molecule has 9 nitrogen and oxygen atoms in total. The van der Waals surface area contributed by atoms with Gasteiger partial charge in [0.2, 0.25) is 17.6 Å². The first-order valence-electron chi connectivity index (χ1n) is 8.96. The molecule has 0 aromatic heterocycles. The lowest BCUT2D eigenvalue weighted by Crippen LogP contribution is -2.56. The van der Waals surface area contributed by atoms with Crippen molar-refractivity contribution >= 4 is 64.3 Å². The molecule has 0 aliphatic heterocycles. The molecular formula is C19H21Cl3N2O7. The minimum absolute atomic E-state index is 0.0471. The Hall–Kier alpha value is -2.36. The van der Waals surface area contributed by atoms with Gasteiger partial charge >= 0.3 is 11.9 Å². The van der Waals surface area contributed by atoms with Gasteiger partial charge in [0.15, 0.2) is 12.6 Å². The van der Waals surface area contributed by atoms with Crippen LogP contribution in [0, 0.1) is 5.92 Å². The summed E-state index contributed by atoms with van der Waals surface area (Å²) in [5, 5.41) is 14.1. The maximum absolute atomic E-state index is 12.3. The first kappa shape index (κ1) is 26.7. The van der Waals surface area contributed by atoms with Crippen LogP contribution in [-0.4, -0.2) is 53.3 Å². The molecule has 1 aromatic carbocycles. The molecule has 1 aromatic rings. The summed E-state index contributed by atoms with van der Waals surface area (Å²) in [5.74, 6) is -5.38. The molecule has 2 amide bonds. The molecule has 0 radical (unpaired) electrons. The van der Waals surface area contributed by atoms with Crippen molar-refractivity contribution < 1.29 is 33.8 Å². The molecule has 3 N–H and O–H groups in total. The van der Waals surface area contributed by atoms with Crippen LogP contribution in [0.1, 0.15) is 26.3 Å². The summed E-state index contributed by atoms with van der Waals surface area (Å²) in [6.45, 7) is 3.54. The topological polar surface area (TPSA) is 139 Å². The third-order valence-electron chi connectivity index (χ3n) is 4.00. The van der Waals surface area contributed by atoms with Gasteiger partial charge in [-0.3, -0.25) is 19.2 Å². The van der Waals surface area contributed by atoms with Gasteiger partial charge in [-0.25, -0.2) is 4.79 Å². The third kappa shape index (κ3) is 8.01. The number of benzene rings is 1. The van der Waals surface area contributed by atoms with E-state index in [1.165, 1.54) is 19.1 Å². The predicted molar refractivity (Wildman–Crippen MR) is 113 cm³/mol. The molecule has 170 valence electrons. The van der Waals surface area contributed by atoms with Crippen molar-refractivity contribution in [2.75, 3.05) is 6.61 Å². The Labute approximate surface area is 193 Å². The fraction of sp³-hybridized carbons (Fsp3) is 0.421. The van der Waals surface area contributed by atoms with Crippen molar-refractivity contribution in [2.45, 2.75) is 39.3 Å². The van der Waals surface area contributed by atoms with Gasteiger partial charge in [0.1, 0.15) is 6.04 Å². The second-order valence-corrected chi connectivity index (χ2v) is 8.02. The minimum Gasteiger partial charge on any atom is -0.479 e. The molecule has 0 fully saturated rings. The van der Waals surface area contributed by atoms with Crippen LogP contribution in [0.2, 0.25) is 15.1 Å². The van der Waals surface area contributed by atoms with Crippen LogP contribution in [0.25, 0.3) is 0 Å². The largest absolute Gasteiger partial charge is 0.479 e. The van der Waals surface area contributed by atoms with E-state index in [9.17, 15) is 29.1 Å². The molecule has 12 heteroatoms. The molecule has 2 atom stereocenters. The van der Waals surface area contributed by atoms with Gasteiger partial charge in [-0.05, 0) is 18.1 Å². The number of ketones is 1. The molecule has 0 saturated carbocycles. The molecule has 0 spiro atoms. The number of aliphatic carboxylic acids is 1. The van der Waals surface area contributed by atoms with Gasteiger partial charge in [-0.2, -0.15) is 0 Å². The van der Waals surface area contributed by atoms with E-state index in [-0.39, 0.29) is 26.5 Å². The van der Waals surface area contributed by atoms with Crippen molar-refractivity contribution in [3.05, 3.63) is 32.8 Å². The molecule has 0 aliphatic rings. The van der Waals surface area contributed by atoms with Crippen LogP contribution >= 0.6 is 34.8 Å². The highest BCUT2D eigenvalue weighted by atomic mass is 35.5. The zero-order chi connectivity index (χ0) is 23.9. The number of halogens is 3. The molecule has 0 bridgehead atoms. The second kappa shape index (κ2) is 11.9. The number of carbonyl (C=O) groups excluding carboxylic acids is 4. The average molecular weight is 496 g/mol. The van der Waals surface area contributed by atoms with Crippen molar-refractivity contribution in [3.63, 3.8) is 0 Å². The highest BCUT2D eigenvalue weighted by molar-refractivity contribution is 6.44. The van der Waals surface area contributed by atoms with Crippen LogP contribution in [0.5, 0.6) is 0 Å². The summed E-state index contributed by atoms with van der Waals surface area (Å²) < 4.78 is 4.81. The second-order valence-electron chi connectivity index (χ2n) is 6.83. The number of hydrogen-bond donors (Lipinski definition) is 3. The Morgan fingerprint density at radius 3 is 2.13 bits per heavy atom. The van der Waals surface area contributed by atoms with Gasteiger partial charge in [0.05, 0.1) is 16.5 Å². The number of carboxylic acid groups (broad SMARTS) is 1. The van der Waals surface area contributed by atoms with Gasteiger partial charge in [-0.1, -0.05) is 48.7 Å². The van der Waals surface area contributed by atoms with Crippen molar-refractivity contribution in [1.29, 1.82) is 0 Å². The Balaban J connectivity index is 2.79. The van der Waals surface area contributed by atoms with Gasteiger partial charge in [-0.15, -0.1) is 0 Å². The Morgan fingerprint density at radius 2 is 1.61 bits per heavy atom. The van der Waals surface area contributed by atoms with Crippen molar-refractivity contribution in [2.24, 2.45) is 5.92 Å². The van der Waals surface area contributed by atoms with Crippen LogP contribution in [-0.2, 0) is 35.1 Å². The van der Waals surface area contributed by atoms with E-state index in [4.69, 9.17) is 39.5 Å². The quantitative estimate of drug-likeness (QED) is 0.256. The molecule has 31 heavy (non-hydrogen) atoms. The van der Waals surface area contributed by atoms with Gasteiger partial charge < -0.3 is 20.5 Å². The lowest BCUT2D eigenvalue weighted by Gasteiger charge is -2.23. The molecule has 0 saturated heterocycles. The van der Waals surface area contributed by atoms with E-state index < -0.39 is 54.6 Å². The number of amides is 2. The number of nitrogens with one attached hydrogen (secondary N) is 2. The molecule has 1 rings (SSSR count). The third-order valence-corrected chi connectivity index (χ3v) is 5.20. The number of hydrogen-bond acceptors (Lipinski definition) is 6. The number of ether oxygens (including phenoxy) is 1. The summed E-state index contributed by atoms with van der Waals surface area (Å²) in [7, 11) is 0. The summed E-state index contributed by atoms with van der Waals surface area (Å²) in [6, 6.07) is -0.161. The lowest BCUT2D eigenvalue weighted by molar-refractivity contribution is -0.153. The van der Waals surface area contributed by atoms with Crippen LogP contribution in [0.4, 0.5) is 0 Å². The van der Waals surface area contributed by atoms with Crippen molar-refractivity contribution in [1.82, 2.24) is 10.6 Å². The van der Waals surface area contributed by atoms with E-state index in [0.29, 0.717) is 0 Å². The lowest BCUT2D eigenvalue weighted by atomic mass is 10.0. The minimum atomic E-state index is -1.98. The highest BCUT2D eigenvalue weighted by Crippen LogP contribution is 2.31. The predicted octanol–water partition coefficient (Wildman–Crippen LogP) is 2.03. The Morgan fingerprint density at radius 1 is 1.03 bits per heavy atom. The monoisotopic (exact) mass is 494 g/mol. The van der Waals surface area contributed by atoms with E-state index in [2.05, 4.69) is 5.32 Å². The van der Waals surface area contributed by atoms with Crippen LogP contribution in [0.3, 0.4) is 0 Å². The fourth-order valence-electron chi connectivity index (χ4n) is 2.43. The fourth-order valence-corrected chi connectivity index (χ4v) is 3.11. The summed E-state index contributed by atoms with van der Waals surface area (Å²) >= 11 is 17.8. The Bertz CT molecular complexity index is 889. The van der Waals surface area contributed by atoms with Crippen LogP contribution < -0.4 is 10.6 Å². The zero-order valence-corrected chi connectivity index (χ0v) is 19.1. The summed E-state index contributed by atoms with van der Waals surface area (Å²) in [6.07, 6.45) is -0.409. The SMILES string of the molecule is CC(=O)N[C@H](C(=O)N[C@@H](C(=O)O)C(=O)COC(=O)Cc1c(Cl)ccc(Cl)c1Cl)C(C)C.